The number of hydrogen-bond acceptors (Lipinski definition) is 4. The van der Waals surface area contributed by atoms with E-state index in [2.05, 4.69) is 4.72 Å². The molecule has 0 unspecified atom stereocenters. The number of rotatable bonds is 5. The number of halogens is 1. The maximum atomic E-state index is 13.0. The Morgan fingerprint density at radius 1 is 1.30 bits per heavy atom. The molecule has 1 aromatic carbocycles. The number of nitriles is 1. The fourth-order valence-corrected chi connectivity index (χ4v) is 3.80. The molecule has 1 heterocycles. The number of thiophene rings is 1. The Labute approximate surface area is 120 Å². The van der Waals surface area contributed by atoms with Gasteiger partial charge in [-0.15, -0.1) is 11.3 Å². The first kappa shape index (κ1) is 14.7. The molecule has 0 spiro atoms. The van der Waals surface area contributed by atoms with Crippen molar-refractivity contribution >= 4 is 21.4 Å². The molecule has 0 saturated heterocycles. The van der Waals surface area contributed by atoms with Gasteiger partial charge in [-0.3, -0.25) is 0 Å². The van der Waals surface area contributed by atoms with Crippen molar-refractivity contribution in [3.05, 3.63) is 52.7 Å². The van der Waals surface area contributed by atoms with E-state index in [1.54, 1.807) is 12.1 Å². The van der Waals surface area contributed by atoms with Gasteiger partial charge in [-0.25, -0.2) is 17.5 Å². The summed E-state index contributed by atoms with van der Waals surface area (Å²) in [6.45, 7) is 0.172. The first-order valence-electron chi connectivity index (χ1n) is 5.75. The van der Waals surface area contributed by atoms with Crippen LogP contribution in [0.5, 0.6) is 0 Å². The molecule has 0 aliphatic heterocycles. The molecular weight excluding hydrogens is 299 g/mol. The van der Waals surface area contributed by atoms with E-state index in [-0.39, 0.29) is 16.6 Å². The Kier molecular flexibility index (Phi) is 4.49. The fourth-order valence-electron chi connectivity index (χ4n) is 1.62. The van der Waals surface area contributed by atoms with Crippen LogP contribution in [0.2, 0.25) is 0 Å². The van der Waals surface area contributed by atoms with Crippen molar-refractivity contribution in [3.8, 4) is 6.07 Å². The normalized spacial score (nSPS) is 11.2. The summed E-state index contributed by atoms with van der Waals surface area (Å²) >= 11 is 0.917. The van der Waals surface area contributed by atoms with Crippen molar-refractivity contribution in [1.29, 1.82) is 5.26 Å². The Bertz CT molecular complexity index is 748. The largest absolute Gasteiger partial charge is 0.250 e. The van der Waals surface area contributed by atoms with E-state index in [1.807, 2.05) is 6.07 Å². The summed E-state index contributed by atoms with van der Waals surface area (Å²) in [6.07, 6.45) is 0.396. The Morgan fingerprint density at radius 2 is 2.10 bits per heavy atom. The van der Waals surface area contributed by atoms with Gasteiger partial charge in [0.25, 0.3) is 0 Å². The highest BCUT2D eigenvalue weighted by molar-refractivity contribution is 7.91. The molecule has 2 rings (SSSR count). The van der Waals surface area contributed by atoms with Crippen LogP contribution in [0.25, 0.3) is 0 Å². The molecule has 0 atom stereocenters. The highest BCUT2D eigenvalue weighted by Crippen LogP contribution is 2.20. The highest BCUT2D eigenvalue weighted by atomic mass is 32.2. The Morgan fingerprint density at radius 3 is 2.75 bits per heavy atom. The third-order valence-corrected chi connectivity index (χ3v) is 5.49. The molecule has 0 aliphatic rings. The fraction of sp³-hybridized carbons (Fsp3) is 0.154. The molecular formula is C13H11FN2O2S2. The lowest BCUT2D eigenvalue weighted by Gasteiger charge is -2.05. The van der Waals surface area contributed by atoms with Gasteiger partial charge in [0.2, 0.25) is 10.0 Å². The Balaban J connectivity index is 1.98. The van der Waals surface area contributed by atoms with Crippen molar-refractivity contribution < 1.29 is 12.8 Å². The number of sulfonamides is 1. The van der Waals surface area contributed by atoms with E-state index in [4.69, 9.17) is 5.26 Å². The van der Waals surface area contributed by atoms with Gasteiger partial charge in [-0.2, -0.15) is 5.26 Å². The first-order chi connectivity index (χ1) is 9.51. The standard InChI is InChI=1S/C13H11FN2O2S2/c14-11-3-1-2-10(8-11)6-7-16-20(17,18)13-5-4-12(9-15)19-13/h1-5,8,16H,6-7H2. The average molecular weight is 310 g/mol. The van der Waals surface area contributed by atoms with Crippen LogP contribution in [0.15, 0.2) is 40.6 Å². The zero-order valence-corrected chi connectivity index (χ0v) is 12.0. The molecule has 20 heavy (non-hydrogen) atoms. The molecule has 0 fully saturated rings. The van der Waals surface area contributed by atoms with Crippen molar-refractivity contribution in [3.63, 3.8) is 0 Å². The molecule has 0 aliphatic carbocycles. The van der Waals surface area contributed by atoms with Crippen molar-refractivity contribution in [2.24, 2.45) is 0 Å². The predicted molar refractivity (Wildman–Crippen MR) is 74.3 cm³/mol. The van der Waals surface area contributed by atoms with Gasteiger partial charge in [-0.05, 0) is 36.2 Å². The van der Waals surface area contributed by atoms with Gasteiger partial charge < -0.3 is 0 Å². The zero-order valence-electron chi connectivity index (χ0n) is 10.3. The van der Waals surface area contributed by atoms with Crippen LogP contribution in [0.1, 0.15) is 10.4 Å². The number of benzene rings is 1. The molecule has 1 N–H and O–H groups in total. The molecule has 104 valence electrons. The molecule has 0 saturated carbocycles. The predicted octanol–water partition coefficient (Wildman–Crippen LogP) is 2.28. The minimum Gasteiger partial charge on any atom is -0.210 e. The van der Waals surface area contributed by atoms with Crippen LogP contribution >= 0.6 is 11.3 Å². The molecule has 0 bridgehead atoms. The van der Waals surface area contributed by atoms with E-state index in [9.17, 15) is 12.8 Å². The van der Waals surface area contributed by atoms with E-state index >= 15 is 0 Å². The zero-order chi connectivity index (χ0) is 14.6. The van der Waals surface area contributed by atoms with Gasteiger partial charge in [0.1, 0.15) is 21.0 Å². The minimum atomic E-state index is -3.61. The molecule has 1 aromatic heterocycles. The summed E-state index contributed by atoms with van der Waals surface area (Å²) in [5, 5.41) is 8.68. The van der Waals surface area contributed by atoms with E-state index in [0.29, 0.717) is 11.3 Å². The van der Waals surface area contributed by atoms with Crippen LogP contribution in [-0.4, -0.2) is 15.0 Å². The number of nitrogens with zero attached hydrogens (tertiary/aromatic N) is 1. The van der Waals surface area contributed by atoms with Crippen LogP contribution in [0, 0.1) is 17.1 Å². The summed E-state index contributed by atoms with van der Waals surface area (Å²) in [4.78, 5) is 0.343. The SMILES string of the molecule is N#Cc1ccc(S(=O)(=O)NCCc2cccc(F)c2)s1. The minimum absolute atomic E-state index is 0.105. The second-order valence-electron chi connectivity index (χ2n) is 4.01. The third-order valence-electron chi connectivity index (χ3n) is 2.55. The van der Waals surface area contributed by atoms with Gasteiger partial charge in [-0.1, -0.05) is 12.1 Å². The number of nitrogens with one attached hydrogen (secondary N) is 1. The second kappa shape index (κ2) is 6.13. The second-order valence-corrected chi connectivity index (χ2v) is 7.09. The van der Waals surface area contributed by atoms with Crippen LogP contribution < -0.4 is 4.72 Å². The van der Waals surface area contributed by atoms with Crippen LogP contribution in [-0.2, 0) is 16.4 Å². The molecule has 4 nitrogen and oxygen atoms in total. The summed E-state index contributed by atoms with van der Waals surface area (Å²) in [5.74, 6) is -0.345. The third kappa shape index (κ3) is 3.63. The number of hydrogen-bond donors (Lipinski definition) is 1. The lowest BCUT2D eigenvalue weighted by molar-refractivity contribution is 0.583. The van der Waals surface area contributed by atoms with Crippen LogP contribution in [0.3, 0.4) is 0 Å². The lowest BCUT2D eigenvalue weighted by atomic mass is 10.1. The summed E-state index contributed by atoms with van der Waals surface area (Å²) in [6, 6.07) is 10.8. The topological polar surface area (TPSA) is 70.0 Å². The van der Waals surface area contributed by atoms with E-state index < -0.39 is 10.0 Å². The summed E-state index contributed by atoms with van der Waals surface area (Å²) < 4.78 is 39.4. The maximum Gasteiger partial charge on any atom is 0.250 e. The quantitative estimate of drug-likeness (QED) is 0.921. The monoisotopic (exact) mass is 310 g/mol. The molecule has 0 radical (unpaired) electrons. The summed E-state index contributed by atoms with van der Waals surface area (Å²) in [7, 11) is -3.61. The van der Waals surface area contributed by atoms with Crippen molar-refractivity contribution in [2.45, 2.75) is 10.6 Å². The molecule has 7 heteroatoms. The summed E-state index contributed by atoms with van der Waals surface area (Å²) in [5.41, 5.74) is 0.719. The van der Waals surface area contributed by atoms with E-state index in [0.717, 1.165) is 16.9 Å². The Hall–Kier alpha value is -1.75. The highest BCUT2D eigenvalue weighted by Gasteiger charge is 2.16. The van der Waals surface area contributed by atoms with Gasteiger partial charge in [0.05, 0.1) is 0 Å². The smallest absolute Gasteiger partial charge is 0.210 e. The van der Waals surface area contributed by atoms with Crippen LogP contribution in [0.4, 0.5) is 4.39 Å². The van der Waals surface area contributed by atoms with Crippen molar-refractivity contribution in [2.75, 3.05) is 6.54 Å². The van der Waals surface area contributed by atoms with Gasteiger partial charge in [0.15, 0.2) is 0 Å². The van der Waals surface area contributed by atoms with Gasteiger partial charge >= 0.3 is 0 Å². The average Bonchev–Trinajstić information content (AvgIpc) is 2.88. The van der Waals surface area contributed by atoms with E-state index in [1.165, 1.54) is 24.3 Å². The molecule has 2 aromatic rings. The first-order valence-corrected chi connectivity index (χ1v) is 8.05. The van der Waals surface area contributed by atoms with Gasteiger partial charge in [0, 0.05) is 6.54 Å². The maximum absolute atomic E-state index is 13.0. The lowest BCUT2D eigenvalue weighted by Crippen LogP contribution is -2.25. The molecule has 0 amide bonds. The van der Waals surface area contributed by atoms with Crippen molar-refractivity contribution in [1.82, 2.24) is 4.72 Å².